The van der Waals surface area contributed by atoms with Gasteiger partial charge in [0.25, 0.3) is 0 Å². The fourth-order valence-electron chi connectivity index (χ4n) is 0.761. The fourth-order valence-corrected chi connectivity index (χ4v) is 1.14. The summed E-state index contributed by atoms with van der Waals surface area (Å²) in [5.74, 6) is 0. The molecule has 0 aromatic carbocycles. The highest BCUT2D eigenvalue weighted by Crippen LogP contribution is 2.14. The molecule has 0 aliphatic heterocycles. The van der Waals surface area contributed by atoms with Gasteiger partial charge in [0, 0.05) is 12.2 Å². The molecule has 66 valence electrons. The summed E-state index contributed by atoms with van der Waals surface area (Å²) in [6, 6.07) is 3.65. The highest BCUT2D eigenvalue weighted by Gasteiger charge is 2.00. The molecule has 4 heteroatoms. The summed E-state index contributed by atoms with van der Waals surface area (Å²) in [6.45, 7) is 3.61. The maximum atomic E-state index is 5.70. The normalized spacial score (nSPS) is 11.5. The van der Waals surface area contributed by atoms with Crippen LogP contribution in [0, 0.1) is 0 Å². The fraction of sp³-hybridized carbons (Fsp3) is 0.125. The molecule has 0 spiro atoms. The van der Waals surface area contributed by atoms with Crippen LogP contribution in [0.1, 0.15) is 11.6 Å². The minimum Gasteiger partial charge on any atom is -0.321 e. The molecule has 0 radical (unpaired) electrons. The Kier molecular flexibility index (Phi) is 5.13. The lowest BCUT2D eigenvalue weighted by molar-refractivity contribution is 0.907. The highest BCUT2D eigenvalue weighted by molar-refractivity contribution is 9.10. The Bertz CT molecular complexity index is 265. The zero-order valence-electron chi connectivity index (χ0n) is 6.40. The van der Waals surface area contributed by atoms with Crippen LogP contribution in [0.4, 0.5) is 0 Å². The summed E-state index contributed by atoms with van der Waals surface area (Å²) in [4.78, 5) is 3.98. The summed E-state index contributed by atoms with van der Waals surface area (Å²) < 4.78 is 0.798. The van der Waals surface area contributed by atoms with Crippen LogP contribution < -0.4 is 5.73 Å². The molecule has 0 aliphatic carbocycles. The molecule has 0 aliphatic rings. The van der Waals surface area contributed by atoms with Gasteiger partial charge < -0.3 is 5.73 Å². The van der Waals surface area contributed by atoms with Crippen molar-refractivity contribution in [2.75, 3.05) is 0 Å². The van der Waals surface area contributed by atoms with E-state index in [1.807, 2.05) is 12.1 Å². The highest BCUT2D eigenvalue weighted by atomic mass is 79.9. The second-order valence-electron chi connectivity index (χ2n) is 2.17. The Morgan fingerprint density at radius 1 is 1.67 bits per heavy atom. The van der Waals surface area contributed by atoms with Crippen molar-refractivity contribution in [1.82, 2.24) is 4.98 Å². The third-order valence-corrected chi connectivity index (χ3v) is 1.82. The van der Waals surface area contributed by atoms with Gasteiger partial charge in [0.05, 0.1) is 0 Å². The van der Waals surface area contributed by atoms with Gasteiger partial charge in [0.1, 0.15) is 4.60 Å². The Morgan fingerprint density at radius 3 is 2.83 bits per heavy atom. The van der Waals surface area contributed by atoms with Gasteiger partial charge in [-0.2, -0.15) is 0 Å². The van der Waals surface area contributed by atoms with Gasteiger partial charge in [0.15, 0.2) is 0 Å². The van der Waals surface area contributed by atoms with E-state index in [2.05, 4.69) is 27.5 Å². The number of aromatic nitrogens is 1. The number of nitrogens with zero attached hydrogens (tertiary/aromatic N) is 1. The molecule has 1 aromatic rings. The molecule has 1 atom stereocenters. The van der Waals surface area contributed by atoms with Crippen LogP contribution in [-0.2, 0) is 0 Å². The number of nitrogens with two attached hydrogens (primary N) is 1. The SMILES string of the molecule is C=C[C@H](N)c1ccnc(Br)c1.Cl. The maximum Gasteiger partial charge on any atom is 0.106 e. The summed E-state index contributed by atoms with van der Waals surface area (Å²) in [5, 5.41) is 0. The van der Waals surface area contributed by atoms with Crippen LogP contribution in [0.15, 0.2) is 35.6 Å². The van der Waals surface area contributed by atoms with Gasteiger partial charge in [-0.3, -0.25) is 0 Å². The lowest BCUT2D eigenvalue weighted by atomic mass is 10.1. The first-order valence-corrected chi connectivity index (χ1v) is 4.03. The van der Waals surface area contributed by atoms with Crippen LogP contribution >= 0.6 is 28.3 Å². The molecule has 0 bridgehead atoms. The van der Waals surface area contributed by atoms with E-state index in [0.717, 1.165) is 10.2 Å². The Morgan fingerprint density at radius 2 is 2.33 bits per heavy atom. The van der Waals surface area contributed by atoms with E-state index in [0.29, 0.717) is 0 Å². The molecule has 2 nitrogen and oxygen atoms in total. The van der Waals surface area contributed by atoms with Crippen molar-refractivity contribution in [1.29, 1.82) is 0 Å². The number of hydrogen-bond donors (Lipinski definition) is 1. The number of halogens is 2. The summed E-state index contributed by atoms with van der Waals surface area (Å²) in [5.41, 5.74) is 6.71. The molecule has 1 heterocycles. The third kappa shape index (κ3) is 2.93. The van der Waals surface area contributed by atoms with Crippen LogP contribution in [0.3, 0.4) is 0 Å². The second kappa shape index (κ2) is 5.30. The van der Waals surface area contributed by atoms with E-state index in [1.165, 1.54) is 0 Å². The number of hydrogen-bond acceptors (Lipinski definition) is 2. The molecule has 1 aromatic heterocycles. The van der Waals surface area contributed by atoms with E-state index in [9.17, 15) is 0 Å². The topological polar surface area (TPSA) is 38.9 Å². The number of pyridine rings is 1. The molecular weight excluding hydrogens is 239 g/mol. The Labute approximate surface area is 86.4 Å². The van der Waals surface area contributed by atoms with Gasteiger partial charge >= 0.3 is 0 Å². The van der Waals surface area contributed by atoms with E-state index in [1.54, 1.807) is 12.3 Å². The Balaban J connectivity index is 0.00000121. The summed E-state index contributed by atoms with van der Waals surface area (Å²) >= 11 is 3.26. The molecule has 1 rings (SSSR count). The van der Waals surface area contributed by atoms with E-state index >= 15 is 0 Å². The smallest absolute Gasteiger partial charge is 0.106 e. The van der Waals surface area contributed by atoms with Crippen LogP contribution in [-0.4, -0.2) is 4.98 Å². The van der Waals surface area contributed by atoms with Crippen molar-refractivity contribution in [3.8, 4) is 0 Å². The lowest BCUT2D eigenvalue weighted by Crippen LogP contribution is -2.06. The van der Waals surface area contributed by atoms with E-state index < -0.39 is 0 Å². The molecule has 2 N–H and O–H groups in total. The van der Waals surface area contributed by atoms with Crippen LogP contribution in [0.2, 0.25) is 0 Å². The van der Waals surface area contributed by atoms with Gasteiger partial charge in [-0.15, -0.1) is 19.0 Å². The average molecular weight is 250 g/mol. The molecule has 0 amide bonds. The first kappa shape index (κ1) is 11.6. The molecule has 0 fully saturated rings. The van der Waals surface area contributed by atoms with E-state index in [-0.39, 0.29) is 18.4 Å². The molecule has 0 saturated carbocycles. The predicted octanol–water partition coefficient (Wildman–Crippen LogP) is 2.45. The molecule has 0 unspecified atom stereocenters. The minimum atomic E-state index is -0.103. The average Bonchev–Trinajstić information content (AvgIpc) is 2.03. The van der Waals surface area contributed by atoms with E-state index in [4.69, 9.17) is 5.73 Å². The lowest BCUT2D eigenvalue weighted by Gasteiger charge is -2.04. The monoisotopic (exact) mass is 248 g/mol. The van der Waals surface area contributed by atoms with Crippen LogP contribution in [0.25, 0.3) is 0 Å². The first-order valence-electron chi connectivity index (χ1n) is 3.23. The molecule has 12 heavy (non-hydrogen) atoms. The van der Waals surface area contributed by atoms with Gasteiger partial charge in [-0.05, 0) is 33.6 Å². The van der Waals surface area contributed by atoms with Crippen molar-refractivity contribution in [2.45, 2.75) is 6.04 Å². The van der Waals surface area contributed by atoms with Crippen molar-refractivity contribution < 1.29 is 0 Å². The van der Waals surface area contributed by atoms with Crippen molar-refractivity contribution >= 4 is 28.3 Å². The van der Waals surface area contributed by atoms with Gasteiger partial charge in [-0.1, -0.05) is 6.08 Å². The summed E-state index contributed by atoms with van der Waals surface area (Å²) in [7, 11) is 0. The quantitative estimate of drug-likeness (QED) is 0.646. The summed E-state index contributed by atoms with van der Waals surface area (Å²) in [6.07, 6.45) is 3.41. The minimum absolute atomic E-state index is 0. The van der Waals surface area contributed by atoms with Gasteiger partial charge in [-0.25, -0.2) is 4.98 Å². The predicted molar refractivity (Wildman–Crippen MR) is 56.3 cm³/mol. The number of rotatable bonds is 2. The largest absolute Gasteiger partial charge is 0.321 e. The molecular formula is C8H10BrClN2. The second-order valence-corrected chi connectivity index (χ2v) is 2.99. The standard InChI is InChI=1S/C8H9BrN2.ClH/c1-2-7(10)6-3-4-11-8(9)5-6;/h2-5,7H,1,10H2;1H/t7-;/m0./s1. The van der Waals surface area contributed by atoms with Gasteiger partial charge in [0.2, 0.25) is 0 Å². The Hall–Kier alpha value is -0.380. The zero-order valence-corrected chi connectivity index (χ0v) is 8.81. The van der Waals surface area contributed by atoms with Crippen LogP contribution in [0.5, 0.6) is 0 Å². The maximum absolute atomic E-state index is 5.70. The van der Waals surface area contributed by atoms with Crippen molar-refractivity contribution in [3.63, 3.8) is 0 Å². The third-order valence-electron chi connectivity index (χ3n) is 1.39. The van der Waals surface area contributed by atoms with Crippen molar-refractivity contribution in [2.24, 2.45) is 5.73 Å². The molecule has 0 saturated heterocycles. The first-order chi connectivity index (χ1) is 5.24. The van der Waals surface area contributed by atoms with Crippen molar-refractivity contribution in [3.05, 3.63) is 41.2 Å². The zero-order chi connectivity index (χ0) is 8.27.